The first-order valence-corrected chi connectivity index (χ1v) is 11.5. The smallest absolute Gasteiger partial charge is 0.336 e. The third-order valence-electron chi connectivity index (χ3n) is 6.64. The summed E-state index contributed by atoms with van der Waals surface area (Å²) in [7, 11) is 4.12. The van der Waals surface area contributed by atoms with Gasteiger partial charge in [0, 0.05) is 33.8 Å². The van der Waals surface area contributed by atoms with Gasteiger partial charge < -0.3 is 19.5 Å². The third-order valence-corrected chi connectivity index (χ3v) is 6.98. The molecular formula is C27H26ClNO6. The number of benzene rings is 2. The standard InChI is InChI=1S/C27H26ClNO6/c1-14-21(26(31)34-3)22(17-7-5-6-8-19(17)28)24-20(29-14)13-18(23(25(24)30)27(32)35-4)15-9-11-16(33-2)12-10-15/h5-12,18,22-23,29H,13H2,1-4H3/t18-,22+,23+/m1/s1. The summed E-state index contributed by atoms with van der Waals surface area (Å²) in [6, 6.07) is 14.3. The summed E-state index contributed by atoms with van der Waals surface area (Å²) in [5.74, 6) is -3.30. The number of hydrogen-bond acceptors (Lipinski definition) is 7. The van der Waals surface area contributed by atoms with Gasteiger partial charge in [-0.05, 0) is 42.7 Å². The molecule has 2 aromatic carbocycles. The Hall–Kier alpha value is -3.58. The largest absolute Gasteiger partial charge is 0.497 e. The zero-order chi connectivity index (χ0) is 25.3. The second kappa shape index (κ2) is 9.96. The molecule has 2 aliphatic rings. The zero-order valence-electron chi connectivity index (χ0n) is 19.9. The van der Waals surface area contributed by atoms with Crippen LogP contribution in [0.4, 0.5) is 0 Å². The van der Waals surface area contributed by atoms with E-state index in [1.165, 1.54) is 14.2 Å². The van der Waals surface area contributed by atoms with Crippen LogP contribution in [0.15, 0.2) is 71.1 Å². The molecule has 2 aromatic rings. The summed E-state index contributed by atoms with van der Waals surface area (Å²) in [6.45, 7) is 1.76. The predicted octanol–water partition coefficient (Wildman–Crippen LogP) is 4.28. The predicted molar refractivity (Wildman–Crippen MR) is 130 cm³/mol. The monoisotopic (exact) mass is 495 g/mol. The maximum atomic E-state index is 14.1. The molecule has 0 spiro atoms. The highest BCUT2D eigenvalue weighted by Gasteiger charge is 2.49. The number of rotatable bonds is 5. The van der Waals surface area contributed by atoms with Crippen molar-refractivity contribution in [3.8, 4) is 5.75 Å². The van der Waals surface area contributed by atoms with Crippen molar-refractivity contribution in [2.45, 2.75) is 25.2 Å². The molecule has 0 saturated heterocycles. The zero-order valence-corrected chi connectivity index (χ0v) is 20.6. The molecule has 1 heterocycles. The Bertz CT molecular complexity index is 1250. The molecule has 7 nitrogen and oxygen atoms in total. The van der Waals surface area contributed by atoms with Crippen LogP contribution in [0.25, 0.3) is 0 Å². The average Bonchev–Trinajstić information content (AvgIpc) is 2.87. The summed E-state index contributed by atoms with van der Waals surface area (Å²) in [6.07, 6.45) is 0.361. The van der Waals surface area contributed by atoms with E-state index in [4.69, 9.17) is 25.8 Å². The summed E-state index contributed by atoms with van der Waals surface area (Å²) >= 11 is 6.54. The molecule has 0 saturated carbocycles. The number of esters is 2. The summed E-state index contributed by atoms with van der Waals surface area (Å²) in [5.41, 5.74) is 3.20. The SMILES string of the molecule is COC(=O)C1=C(C)NC2=C(C(=O)[C@@H](C(=O)OC)[C@@H](c3ccc(OC)cc3)C2)[C@H]1c1ccccc1Cl. The molecular weight excluding hydrogens is 470 g/mol. The number of ether oxygens (including phenoxy) is 3. The van der Waals surface area contributed by atoms with Gasteiger partial charge in [0.15, 0.2) is 5.78 Å². The van der Waals surface area contributed by atoms with Gasteiger partial charge in [0.25, 0.3) is 0 Å². The second-order valence-corrected chi connectivity index (χ2v) is 8.86. The molecule has 0 amide bonds. The van der Waals surface area contributed by atoms with Crippen LogP contribution in [0, 0.1) is 5.92 Å². The van der Waals surface area contributed by atoms with Crippen LogP contribution in [0.5, 0.6) is 5.75 Å². The van der Waals surface area contributed by atoms with Crippen LogP contribution in [-0.4, -0.2) is 39.1 Å². The van der Waals surface area contributed by atoms with E-state index >= 15 is 0 Å². The molecule has 3 atom stereocenters. The molecule has 4 rings (SSSR count). The average molecular weight is 496 g/mol. The molecule has 1 aliphatic carbocycles. The van der Waals surface area contributed by atoms with Gasteiger partial charge in [0.1, 0.15) is 11.7 Å². The minimum atomic E-state index is -1.09. The number of methoxy groups -OCH3 is 3. The second-order valence-electron chi connectivity index (χ2n) is 8.45. The van der Waals surface area contributed by atoms with Gasteiger partial charge in [-0.25, -0.2) is 4.79 Å². The van der Waals surface area contributed by atoms with Gasteiger partial charge in [0.05, 0.1) is 26.9 Å². The molecule has 8 heteroatoms. The fraction of sp³-hybridized carbons (Fsp3) is 0.296. The highest BCUT2D eigenvalue weighted by Crippen LogP contribution is 2.49. The Morgan fingerprint density at radius 1 is 1.00 bits per heavy atom. The van der Waals surface area contributed by atoms with Crippen LogP contribution in [0.1, 0.15) is 36.3 Å². The Balaban J connectivity index is 1.90. The first-order chi connectivity index (χ1) is 16.8. The molecule has 0 unspecified atom stereocenters. The fourth-order valence-electron chi connectivity index (χ4n) is 5.00. The van der Waals surface area contributed by atoms with Crippen LogP contribution in [0.2, 0.25) is 5.02 Å². The van der Waals surface area contributed by atoms with Crippen molar-refractivity contribution >= 4 is 29.3 Å². The van der Waals surface area contributed by atoms with Crippen LogP contribution in [-0.2, 0) is 23.9 Å². The van der Waals surface area contributed by atoms with Crippen molar-refractivity contribution in [1.29, 1.82) is 0 Å². The van der Waals surface area contributed by atoms with Gasteiger partial charge in [0.2, 0.25) is 0 Å². The van der Waals surface area contributed by atoms with E-state index in [0.717, 1.165) is 5.56 Å². The van der Waals surface area contributed by atoms with Crippen molar-refractivity contribution in [3.05, 3.63) is 87.2 Å². The van der Waals surface area contributed by atoms with Crippen LogP contribution < -0.4 is 10.1 Å². The lowest BCUT2D eigenvalue weighted by Gasteiger charge is -2.39. The molecule has 1 N–H and O–H groups in total. The van der Waals surface area contributed by atoms with Gasteiger partial charge in [-0.3, -0.25) is 9.59 Å². The van der Waals surface area contributed by atoms with E-state index in [-0.39, 0.29) is 5.57 Å². The van der Waals surface area contributed by atoms with Crippen LogP contribution in [0.3, 0.4) is 0 Å². The summed E-state index contributed by atoms with van der Waals surface area (Å²) < 4.78 is 15.4. The van der Waals surface area contributed by atoms with E-state index in [1.807, 2.05) is 12.1 Å². The van der Waals surface area contributed by atoms with Crippen molar-refractivity contribution in [2.24, 2.45) is 5.92 Å². The van der Waals surface area contributed by atoms with E-state index in [0.29, 0.717) is 39.7 Å². The van der Waals surface area contributed by atoms with Crippen molar-refractivity contribution in [2.75, 3.05) is 21.3 Å². The number of halogens is 1. The topological polar surface area (TPSA) is 90.9 Å². The first-order valence-electron chi connectivity index (χ1n) is 11.1. The number of hydrogen-bond donors (Lipinski definition) is 1. The molecule has 182 valence electrons. The fourth-order valence-corrected chi connectivity index (χ4v) is 5.24. The third kappa shape index (κ3) is 4.32. The van der Waals surface area contributed by atoms with E-state index in [9.17, 15) is 14.4 Å². The lowest BCUT2D eigenvalue weighted by atomic mass is 9.67. The highest BCUT2D eigenvalue weighted by molar-refractivity contribution is 6.31. The number of Topliss-reactive ketones (excluding diaryl/α,β-unsaturated/α-hetero) is 1. The van der Waals surface area contributed by atoms with E-state index in [1.54, 1.807) is 50.4 Å². The molecule has 0 bridgehead atoms. The lowest BCUT2D eigenvalue weighted by Crippen LogP contribution is -2.43. The first kappa shape index (κ1) is 24.5. The molecule has 1 aliphatic heterocycles. The highest BCUT2D eigenvalue weighted by atomic mass is 35.5. The Labute approximate surface area is 208 Å². The van der Waals surface area contributed by atoms with Gasteiger partial charge in [-0.1, -0.05) is 41.9 Å². The quantitative estimate of drug-likeness (QED) is 0.489. The van der Waals surface area contributed by atoms with Gasteiger partial charge >= 0.3 is 11.9 Å². The minimum absolute atomic E-state index is 0.277. The molecule has 0 radical (unpaired) electrons. The van der Waals surface area contributed by atoms with Crippen molar-refractivity contribution in [1.82, 2.24) is 5.32 Å². The number of carbonyl (C=O) groups excluding carboxylic acids is 3. The van der Waals surface area contributed by atoms with Gasteiger partial charge in [-0.15, -0.1) is 0 Å². The van der Waals surface area contributed by atoms with Crippen molar-refractivity contribution in [3.63, 3.8) is 0 Å². The Morgan fingerprint density at radius 3 is 2.29 bits per heavy atom. The normalized spacial score (nSPS) is 21.7. The molecule has 0 aromatic heterocycles. The Kier molecular flexibility index (Phi) is 6.98. The maximum Gasteiger partial charge on any atom is 0.336 e. The molecule has 35 heavy (non-hydrogen) atoms. The number of carbonyl (C=O) groups is 3. The van der Waals surface area contributed by atoms with Gasteiger partial charge in [-0.2, -0.15) is 0 Å². The maximum absolute atomic E-state index is 14.1. The number of nitrogens with one attached hydrogen (secondary N) is 1. The molecule has 0 fully saturated rings. The lowest BCUT2D eigenvalue weighted by molar-refractivity contribution is -0.150. The Morgan fingerprint density at radius 2 is 1.69 bits per heavy atom. The summed E-state index contributed by atoms with van der Waals surface area (Å²) in [4.78, 5) is 39.9. The summed E-state index contributed by atoms with van der Waals surface area (Å²) in [5, 5.41) is 3.65. The van der Waals surface area contributed by atoms with E-state index < -0.39 is 35.5 Å². The number of ketones is 1. The van der Waals surface area contributed by atoms with Crippen LogP contribution >= 0.6 is 11.6 Å². The van der Waals surface area contributed by atoms with E-state index in [2.05, 4.69) is 5.32 Å². The number of dihydropyridines is 1. The number of allylic oxidation sites excluding steroid dienone is 3. The minimum Gasteiger partial charge on any atom is -0.497 e. The van der Waals surface area contributed by atoms with Crippen molar-refractivity contribution < 1.29 is 28.6 Å².